The van der Waals surface area contributed by atoms with E-state index in [1.165, 1.54) is 13.8 Å². The van der Waals surface area contributed by atoms with Crippen molar-refractivity contribution in [2.75, 3.05) is 40.1 Å². The molecule has 1 fully saturated rings. The maximum atomic E-state index is 14.7. The third-order valence-electron chi connectivity index (χ3n) is 6.57. The third kappa shape index (κ3) is 10.7. The van der Waals surface area contributed by atoms with Crippen LogP contribution in [0.25, 0.3) is 0 Å². The number of phosphoric acid groups is 1. The Hall–Kier alpha value is -3.14. The minimum atomic E-state index is -4.97. The molecule has 0 unspecified atom stereocenters. The van der Waals surface area contributed by atoms with Gasteiger partial charge in [0.1, 0.15) is 24.4 Å². The first-order valence-corrected chi connectivity index (χ1v) is 15.5. The zero-order valence-corrected chi connectivity index (χ0v) is 28.3. The second kappa shape index (κ2) is 18.6. The number of aliphatic hydroxyl groups is 2. The third-order valence-corrected chi connectivity index (χ3v) is 7.85. The van der Waals surface area contributed by atoms with Crippen molar-refractivity contribution in [3.8, 4) is 0 Å². The molecule has 0 radical (unpaired) electrons. The molecule has 0 aromatic carbocycles. The summed E-state index contributed by atoms with van der Waals surface area (Å²) < 4.78 is 72.6. The summed E-state index contributed by atoms with van der Waals surface area (Å²) in [5, 5.41) is 22.2. The van der Waals surface area contributed by atoms with Gasteiger partial charge in [-0.25, -0.2) is 37.0 Å². The van der Waals surface area contributed by atoms with Gasteiger partial charge in [0.2, 0.25) is 13.6 Å². The lowest BCUT2D eigenvalue weighted by atomic mass is 9.88. The molecule has 20 nitrogen and oxygen atoms in total. The van der Waals surface area contributed by atoms with Gasteiger partial charge in [-0.15, -0.1) is 12.4 Å². The quantitative estimate of drug-likeness (QED) is 0.0858. The Morgan fingerprint density at radius 3 is 2.06 bits per heavy atom. The van der Waals surface area contributed by atoms with Crippen LogP contribution in [0.15, 0.2) is 21.9 Å². The first-order valence-electron chi connectivity index (χ1n) is 14.0. The molecule has 0 bridgehead atoms. The standard InChI is InChI=1S/C25H39FN3O17P.ClH/c1-6-38-22(34)41-13-44-47(37,45-14-42-23(35)39-7-2)43-11-25(10-26)19(32)24(5,36)20(46-25)28-9-8-16(30)29(21(28)33)12-40-18(31)17(27)15(3)4;/h8-9,15,17,19-20,32,36H,6-7,10-14,27H2,1-5H3;1H/t17-,19-,20+,24+,25+;/m0./s1. The summed E-state index contributed by atoms with van der Waals surface area (Å²) in [7, 11) is -4.97. The van der Waals surface area contributed by atoms with Gasteiger partial charge in [-0.05, 0) is 26.7 Å². The number of alkyl halides is 1. The SMILES string of the molecule is CCOC(=O)OCOP(=O)(OCOC(=O)OCC)OC[C@@]1(CF)O[C@@H](n2ccc(=O)n(COC(=O)[C@@H](N)C(C)C)c2=O)[C@](C)(O)[C@@H]1O.Cl. The summed E-state index contributed by atoms with van der Waals surface area (Å²) >= 11 is 0. The van der Waals surface area contributed by atoms with Crippen LogP contribution in [0.4, 0.5) is 14.0 Å². The van der Waals surface area contributed by atoms with E-state index < -0.39 is 101 Å². The summed E-state index contributed by atoms with van der Waals surface area (Å²) in [6.45, 7) is 1.09. The van der Waals surface area contributed by atoms with Crippen molar-refractivity contribution in [1.29, 1.82) is 0 Å². The fourth-order valence-electron chi connectivity index (χ4n) is 3.89. The van der Waals surface area contributed by atoms with Crippen LogP contribution in [-0.4, -0.2) is 101 Å². The maximum absolute atomic E-state index is 14.7. The normalized spacial score (nSPS) is 22.8. The van der Waals surface area contributed by atoms with Gasteiger partial charge in [0.25, 0.3) is 5.56 Å². The molecule has 1 aliphatic rings. The van der Waals surface area contributed by atoms with Crippen LogP contribution in [0.3, 0.4) is 0 Å². The van der Waals surface area contributed by atoms with Crippen molar-refractivity contribution in [1.82, 2.24) is 9.13 Å². The minimum Gasteiger partial charge on any atom is -0.442 e. The number of ether oxygens (including phenoxy) is 6. The second-order valence-corrected chi connectivity index (χ2v) is 12.0. The monoisotopic (exact) mass is 739 g/mol. The van der Waals surface area contributed by atoms with Gasteiger partial charge in [0.15, 0.2) is 18.6 Å². The van der Waals surface area contributed by atoms with Crippen molar-refractivity contribution in [3.05, 3.63) is 33.1 Å². The van der Waals surface area contributed by atoms with E-state index in [-0.39, 0.29) is 31.5 Å². The molecule has 0 amide bonds. The Morgan fingerprint density at radius 1 is 1.04 bits per heavy atom. The molecule has 1 aliphatic heterocycles. The fraction of sp³-hybridized carbons (Fsp3) is 0.720. The van der Waals surface area contributed by atoms with E-state index >= 15 is 0 Å². The summed E-state index contributed by atoms with van der Waals surface area (Å²) in [6.07, 6.45) is -5.75. The van der Waals surface area contributed by atoms with Crippen LogP contribution in [0, 0.1) is 5.92 Å². The van der Waals surface area contributed by atoms with Gasteiger partial charge in [-0.1, -0.05) is 13.8 Å². The number of halogens is 2. The van der Waals surface area contributed by atoms with Crippen molar-refractivity contribution < 1.29 is 75.5 Å². The van der Waals surface area contributed by atoms with Gasteiger partial charge < -0.3 is 44.4 Å². The van der Waals surface area contributed by atoms with Gasteiger partial charge in [-0.2, -0.15) is 0 Å². The molecule has 0 aliphatic carbocycles. The smallest absolute Gasteiger partial charge is 0.442 e. The van der Waals surface area contributed by atoms with Crippen molar-refractivity contribution in [2.24, 2.45) is 11.7 Å². The molecule has 0 spiro atoms. The van der Waals surface area contributed by atoms with Crippen molar-refractivity contribution in [3.63, 3.8) is 0 Å². The van der Waals surface area contributed by atoms with E-state index in [0.29, 0.717) is 9.13 Å². The number of hydrogen-bond acceptors (Lipinski definition) is 18. The predicted octanol–water partition coefficient (Wildman–Crippen LogP) is 0.684. The topological polar surface area (TPSA) is 262 Å². The number of phosphoric ester groups is 1. The molecule has 4 N–H and O–H groups in total. The molecule has 1 aromatic rings. The molecule has 1 aromatic heterocycles. The van der Waals surface area contributed by atoms with E-state index in [0.717, 1.165) is 19.2 Å². The van der Waals surface area contributed by atoms with Crippen LogP contribution < -0.4 is 17.0 Å². The number of rotatable bonds is 17. The zero-order valence-electron chi connectivity index (χ0n) is 26.6. The van der Waals surface area contributed by atoms with Crippen LogP contribution in [0.1, 0.15) is 40.8 Å². The van der Waals surface area contributed by atoms with Crippen molar-refractivity contribution >= 4 is 38.5 Å². The van der Waals surface area contributed by atoms with Gasteiger partial charge in [0, 0.05) is 12.3 Å². The molecule has 2 rings (SSSR count). The summed E-state index contributed by atoms with van der Waals surface area (Å²) in [5.74, 6) is -1.24. The highest BCUT2D eigenvalue weighted by atomic mass is 35.5. The van der Waals surface area contributed by atoms with Gasteiger partial charge >= 0.3 is 31.8 Å². The van der Waals surface area contributed by atoms with E-state index in [2.05, 4.69) is 18.9 Å². The molecule has 23 heteroatoms. The van der Waals surface area contributed by atoms with E-state index in [9.17, 15) is 43.1 Å². The molecule has 1 saturated heterocycles. The minimum absolute atomic E-state index is 0. The molecule has 2 heterocycles. The Labute approximate surface area is 279 Å². The number of hydrogen-bond donors (Lipinski definition) is 3. The summed E-state index contributed by atoms with van der Waals surface area (Å²) in [5.41, 5.74) is -1.50. The number of carbonyl (C=O) groups excluding carboxylic acids is 3. The molecular formula is C25H40ClFN3O17P. The molecule has 0 saturated carbocycles. The highest BCUT2D eigenvalue weighted by Crippen LogP contribution is 2.52. The van der Waals surface area contributed by atoms with E-state index in [1.807, 2.05) is 0 Å². The van der Waals surface area contributed by atoms with E-state index in [4.69, 9.17) is 28.8 Å². The van der Waals surface area contributed by atoms with Crippen LogP contribution in [0.2, 0.25) is 0 Å². The summed E-state index contributed by atoms with van der Waals surface area (Å²) in [6, 6.07) is -0.216. The number of carbonyl (C=O) groups is 3. The highest BCUT2D eigenvalue weighted by Gasteiger charge is 2.63. The second-order valence-electron chi connectivity index (χ2n) is 10.3. The Balaban J connectivity index is 0.0000115. The lowest BCUT2D eigenvalue weighted by Crippen LogP contribution is -2.53. The van der Waals surface area contributed by atoms with E-state index in [1.54, 1.807) is 13.8 Å². The highest BCUT2D eigenvalue weighted by molar-refractivity contribution is 7.48. The number of nitrogens with zero attached hydrogens (tertiary/aromatic N) is 2. The number of aromatic nitrogens is 2. The number of esters is 1. The Bertz CT molecular complexity index is 1380. The van der Waals surface area contributed by atoms with Crippen LogP contribution >= 0.6 is 20.2 Å². The molecule has 276 valence electrons. The first-order chi connectivity index (χ1) is 22.0. The van der Waals surface area contributed by atoms with Crippen molar-refractivity contribution in [2.45, 2.75) is 70.9 Å². The lowest BCUT2D eigenvalue weighted by Gasteiger charge is -2.31. The Kier molecular flexibility index (Phi) is 16.6. The average molecular weight is 740 g/mol. The number of nitrogens with two attached hydrogens (primary N) is 1. The van der Waals surface area contributed by atoms with Gasteiger partial charge in [0.05, 0.1) is 19.8 Å². The zero-order chi connectivity index (χ0) is 35.6. The maximum Gasteiger partial charge on any atom is 0.510 e. The Morgan fingerprint density at radius 2 is 1.58 bits per heavy atom. The summed E-state index contributed by atoms with van der Waals surface area (Å²) in [4.78, 5) is 60.8. The van der Waals surface area contributed by atoms with Crippen LogP contribution in [0.5, 0.6) is 0 Å². The largest absolute Gasteiger partial charge is 0.510 e. The average Bonchev–Trinajstić information content (AvgIpc) is 3.20. The molecule has 5 atom stereocenters. The molecular weight excluding hydrogens is 700 g/mol. The fourth-order valence-corrected chi connectivity index (χ4v) is 4.85. The number of aliphatic hydroxyl groups excluding tert-OH is 1. The molecule has 48 heavy (non-hydrogen) atoms. The predicted molar refractivity (Wildman–Crippen MR) is 158 cm³/mol. The van der Waals surface area contributed by atoms with Gasteiger partial charge in [-0.3, -0.25) is 18.7 Å². The lowest BCUT2D eigenvalue weighted by molar-refractivity contribution is -0.151. The van der Waals surface area contributed by atoms with Crippen LogP contribution in [-0.2, 0) is 58.1 Å². The first kappa shape index (κ1) is 42.9.